The van der Waals surface area contributed by atoms with Gasteiger partial charge in [0.2, 0.25) is 5.91 Å². The summed E-state index contributed by atoms with van der Waals surface area (Å²) in [7, 11) is 0. The predicted octanol–water partition coefficient (Wildman–Crippen LogP) is -2.05. The summed E-state index contributed by atoms with van der Waals surface area (Å²) < 4.78 is 0. The van der Waals surface area contributed by atoms with Crippen LogP contribution < -0.4 is 16.4 Å². The highest BCUT2D eigenvalue weighted by Crippen LogP contribution is 1.81. The standard InChI is InChI=1S/C8H17N3O3/c1-5(4-12)11-7(13)3-10-8(14)6(2)9/h4-7,11,13H,3,9H2,1-2H3,(H,10,14)/t5-,6-,7?/m0/s1. The van der Waals surface area contributed by atoms with Gasteiger partial charge in [0.05, 0.1) is 18.6 Å². The van der Waals surface area contributed by atoms with E-state index in [0.717, 1.165) is 0 Å². The van der Waals surface area contributed by atoms with E-state index in [9.17, 15) is 14.7 Å². The molecule has 0 radical (unpaired) electrons. The molecule has 0 aliphatic rings. The van der Waals surface area contributed by atoms with E-state index in [4.69, 9.17) is 5.73 Å². The van der Waals surface area contributed by atoms with Crippen LogP contribution in [-0.2, 0) is 9.59 Å². The second kappa shape index (κ2) is 6.47. The highest BCUT2D eigenvalue weighted by atomic mass is 16.3. The molecule has 0 aliphatic carbocycles. The molecule has 1 amide bonds. The van der Waals surface area contributed by atoms with Crippen molar-refractivity contribution in [2.24, 2.45) is 5.73 Å². The molecule has 0 saturated heterocycles. The van der Waals surface area contributed by atoms with E-state index in [1.54, 1.807) is 13.8 Å². The van der Waals surface area contributed by atoms with Gasteiger partial charge in [-0.3, -0.25) is 10.1 Å². The van der Waals surface area contributed by atoms with Crippen molar-refractivity contribution in [1.82, 2.24) is 10.6 Å². The lowest BCUT2D eigenvalue weighted by Crippen LogP contribution is -2.48. The summed E-state index contributed by atoms with van der Waals surface area (Å²) in [5.74, 6) is -0.343. The number of hydrogen-bond acceptors (Lipinski definition) is 5. The second-order valence-electron chi connectivity index (χ2n) is 3.14. The van der Waals surface area contributed by atoms with Crippen LogP contribution in [0.5, 0.6) is 0 Å². The molecule has 0 bridgehead atoms. The number of amides is 1. The van der Waals surface area contributed by atoms with Crippen molar-refractivity contribution in [3.63, 3.8) is 0 Å². The maximum Gasteiger partial charge on any atom is 0.236 e. The average Bonchev–Trinajstić information content (AvgIpc) is 2.13. The molecule has 0 aromatic rings. The quantitative estimate of drug-likeness (QED) is 0.294. The number of rotatable bonds is 6. The van der Waals surface area contributed by atoms with E-state index >= 15 is 0 Å². The van der Waals surface area contributed by atoms with Crippen molar-refractivity contribution in [3.05, 3.63) is 0 Å². The van der Waals surface area contributed by atoms with E-state index < -0.39 is 18.3 Å². The molecular weight excluding hydrogens is 186 g/mol. The minimum atomic E-state index is -0.946. The molecule has 6 nitrogen and oxygen atoms in total. The van der Waals surface area contributed by atoms with Gasteiger partial charge < -0.3 is 21.0 Å². The van der Waals surface area contributed by atoms with Gasteiger partial charge in [-0.2, -0.15) is 0 Å². The van der Waals surface area contributed by atoms with Crippen LogP contribution in [0.1, 0.15) is 13.8 Å². The Kier molecular flexibility index (Phi) is 6.02. The lowest BCUT2D eigenvalue weighted by molar-refractivity contribution is -0.122. The van der Waals surface area contributed by atoms with Crippen LogP contribution in [-0.4, -0.2) is 42.2 Å². The van der Waals surface area contributed by atoms with Gasteiger partial charge in [0.25, 0.3) is 0 Å². The van der Waals surface area contributed by atoms with Crippen LogP contribution >= 0.6 is 0 Å². The number of aliphatic hydroxyl groups excluding tert-OH is 1. The summed E-state index contributed by atoms with van der Waals surface area (Å²) in [6.45, 7) is 3.17. The Hall–Kier alpha value is -0.980. The third kappa shape index (κ3) is 5.63. The molecule has 0 heterocycles. The zero-order valence-electron chi connectivity index (χ0n) is 8.36. The maximum atomic E-state index is 11.0. The third-order valence-electron chi connectivity index (χ3n) is 1.54. The molecule has 82 valence electrons. The number of carbonyl (C=O) groups excluding carboxylic acids is 2. The fraction of sp³-hybridized carbons (Fsp3) is 0.750. The Morgan fingerprint density at radius 3 is 2.57 bits per heavy atom. The molecule has 0 aromatic heterocycles. The van der Waals surface area contributed by atoms with Crippen LogP contribution in [0.25, 0.3) is 0 Å². The fourth-order valence-corrected chi connectivity index (χ4v) is 0.760. The predicted molar refractivity (Wildman–Crippen MR) is 51.3 cm³/mol. The summed E-state index contributed by atoms with van der Waals surface area (Å²) in [6, 6.07) is -1.05. The Morgan fingerprint density at radius 2 is 2.14 bits per heavy atom. The summed E-state index contributed by atoms with van der Waals surface area (Å²) in [4.78, 5) is 21.2. The largest absolute Gasteiger partial charge is 0.377 e. The van der Waals surface area contributed by atoms with Crippen LogP contribution in [0, 0.1) is 0 Å². The zero-order valence-corrected chi connectivity index (χ0v) is 8.36. The van der Waals surface area contributed by atoms with Crippen LogP contribution in [0.15, 0.2) is 0 Å². The molecule has 0 aliphatic heterocycles. The molecule has 14 heavy (non-hydrogen) atoms. The van der Waals surface area contributed by atoms with E-state index in [1.807, 2.05) is 0 Å². The molecule has 0 rings (SSSR count). The molecular formula is C8H17N3O3. The molecule has 0 fully saturated rings. The first-order valence-electron chi connectivity index (χ1n) is 4.40. The SMILES string of the molecule is C[C@H](N)C(=O)NCC(O)N[C@@H](C)C=O. The van der Waals surface area contributed by atoms with E-state index in [0.29, 0.717) is 6.29 Å². The number of aliphatic hydroxyl groups is 1. The highest BCUT2D eigenvalue weighted by Gasteiger charge is 2.11. The van der Waals surface area contributed by atoms with Crippen LogP contribution in [0.3, 0.4) is 0 Å². The van der Waals surface area contributed by atoms with E-state index in [1.165, 1.54) is 0 Å². The molecule has 0 saturated carbocycles. The monoisotopic (exact) mass is 203 g/mol. The minimum absolute atomic E-state index is 0.0263. The molecule has 3 atom stereocenters. The summed E-state index contributed by atoms with van der Waals surface area (Å²) in [5, 5.41) is 14.2. The zero-order chi connectivity index (χ0) is 11.1. The Morgan fingerprint density at radius 1 is 1.57 bits per heavy atom. The topological polar surface area (TPSA) is 104 Å². The lowest BCUT2D eigenvalue weighted by Gasteiger charge is -2.16. The average molecular weight is 203 g/mol. The van der Waals surface area contributed by atoms with Crippen molar-refractivity contribution < 1.29 is 14.7 Å². The van der Waals surface area contributed by atoms with Crippen molar-refractivity contribution in [3.8, 4) is 0 Å². The molecule has 1 unspecified atom stereocenters. The van der Waals surface area contributed by atoms with Gasteiger partial charge in [0.15, 0.2) is 0 Å². The summed E-state index contributed by atoms with van der Waals surface area (Å²) in [5.41, 5.74) is 5.28. The maximum absolute atomic E-state index is 11.0. The molecule has 0 spiro atoms. The number of carbonyl (C=O) groups is 2. The third-order valence-corrected chi connectivity index (χ3v) is 1.54. The number of nitrogens with one attached hydrogen (secondary N) is 2. The van der Waals surface area contributed by atoms with Gasteiger partial charge in [0.1, 0.15) is 12.5 Å². The number of aldehydes is 1. The Labute approximate surface area is 82.9 Å². The normalized spacial score (nSPS) is 16.9. The molecule has 5 N–H and O–H groups in total. The minimum Gasteiger partial charge on any atom is -0.377 e. The molecule has 0 aromatic carbocycles. The highest BCUT2D eigenvalue weighted by molar-refractivity contribution is 5.80. The Balaban J connectivity index is 3.68. The van der Waals surface area contributed by atoms with Gasteiger partial charge >= 0.3 is 0 Å². The first-order valence-corrected chi connectivity index (χ1v) is 4.40. The summed E-state index contributed by atoms with van der Waals surface area (Å²) >= 11 is 0. The van der Waals surface area contributed by atoms with Crippen molar-refractivity contribution in [2.75, 3.05) is 6.54 Å². The van der Waals surface area contributed by atoms with Gasteiger partial charge in [-0.15, -0.1) is 0 Å². The summed E-state index contributed by atoms with van der Waals surface area (Å²) in [6.07, 6.45) is -0.283. The van der Waals surface area contributed by atoms with Crippen molar-refractivity contribution in [2.45, 2.75) is 32.2 Å². The van der Waals surface area contributed by atoms with Crippen molar-refractivity contribution in [1.29, 1.82) is 0 Å². The second-order valence-corrected chi connectivity index (χ2v) is 3.14. The van der Waals surface area contributed by atoms with Gasteiger partial charge in [0, 0.05) is 0 Å². The molecule has 6 heteroatoms. The smallest absolute Gasteiger partial charge is 0.236 e. The van der Waals surface area contributed by atoms with Crippen molar-refractivity contribution >= 4 is 12.2 Å². The first kappa shape index (κ1) is 13.0. The van der Waals surface area contributed by atoms with Gasteiger partial charge in [-0.1, -0.05) is 0 Å². The number of nitrogens with two attached hydrogens (primary N) is 1. The van der Waals surface area contributed by atoms with Gasteiger partial charge in [-0.25, -0.2) is 0 Å². The fourth-order valence-electron chi connectivity index (χ4n) is 0.760. The first-order chi connectivity index (χ1) is 6.47. The van der Waals surface area contributed by atoms with E-state index in [-0.39, 0.29) is 12.5 Å². The lowest BCUT2D eigenvalue weighted by atomic mass is 10.3. The van der Waals surface area contributed by atoms with Gasteiger partial charge in [-0.05, 0) is 13.8 Å². The van der Waals surface area contributed by atoms with Crippen LogP contribution in [0.4, 0.5) is 0 Å². The Bertz CT molecular complexity index is 196. The van der Waals surface area contributed by atoms with Crippen LogP contribution in [0.2, 0.25) is 0 Å². The number of hydrogen-bond donors (Lipinski definition) is 4. The van der Waals surface area contributed by atoms with E-state index in [2.05, 4.69) is 10.6 Å².